The summed E-state index contributed by atoms with van der Waals surface area (Å²) in [4.78, 5) is 15.4. The van der Waals surface area contributed by atoms with Gasteiger partial charge in [-0.15, -0.1) is 0 Å². The second-order valence-electron chi connectivity index (χ2n) is 5.68. The van der Waals surface area contributed by atoms with Gasteiger partial charge in [0, 0.05) is 12.3 Å². The minimum absolute atomic E-state index is 0.266. The van der Waals surface area contributed by atoms with Gasteiger partial charge in [-0.1, -0.05) is 24.6 Å². The van der Waals surface area contributed by atoms with Gasteiger partial charge in [-0.2, -0.15) is 0 Å². The largest absolute Gasteiger partial charge is 0.465 e. The van der Waals surface area contributed by atoms with Crippen molar-refractivity contribution >= 4 is 17.6 Å². The number of methoxy groups -OCH3 is 1. The lowest BCUT2D eigenvalue weighted by atomic mass is 9.98. The van der Waals surface area contributed by atoms with Crippen molar-refractivity contribution in [2.45, 2.75) is 25.2 Å². The first-order chi connectivity index (χ1) is 10.5. The number of ether oxygens (including phenoxy) is 2. The summed E-state index contributed by atoms with van der Waals surface area (Å²) in [6.07, 6.45) is 3.80. The molecular weight excluding hydrogens is 302 g/mol. The van der Waals surface area contributed by atoms with Crippen LogP contribution in [0.25, 0.3) is 0 Å². The van der Waals surface area contributed by atoms with Crippen LogP contribution in [0, 0.1) is 0 Å². The molecule has 0 aliphatic heterocycles. The molecule has 0 radical (unpaired) electrons. The van der Waals surface area contributed by atoms with Crippen LogP contribution in [0.2, 0.25) is 5.02 Å². The molecule has 1 aromatic heterocycles. The molecule has 2 aromatic rings. The predicted octanol–water partition coefficient (Wildman–Crippen LogP) is 4.37. The Hall–Kier alpha value is -2.07. The lowest BCUT2D eigenvalue weighted by Crippen LogP contribution is -2.02. The molecule has 3 rings (SSSR count). The van der Waals surface area contributed by atoms with Gasteiger partial charge in [0.1, 0.15) is 5.75 Å². The van der Waals surface area contributed by atoms with Crippen molar-refractivity contribution in [1.82, 2.24) is 4.98 Å². The van der Waals surface area contributed by atoms with E-state index in [9.17, 15) is 4.79 Å². The van der Waals surface area contributed by atoms with E-state index in [2.05, 4.69) is 16.6 Å². The van der Waals surface area contributed by atoms with E-state index in [0.29, 0.717) is 22.2 Å². The molecule has 1 aliphatic carbocycles. The fourth-order valence-corrected chi connectivity index (χ4v) is 2.45. The van der Waals surface area contributed by atoms with Gasteiger partial charge in [-0.25, -0.2) is 9.78 Å². The van der Waals surface area contributed by atoms with Crippen molar-refractivity contribution in [1.29, 1.82) is 0 Å². The fraction of sp³-hybridized carbons (Fsp3) is 0.294. The summed E-state index contributed by atoms with van der Waals surface area (Å²) in [7, 11) is 1.33. The molecule has 0 spiro atoms. The molecule has 0 bridgehead atoms. The van der Waals surface area contributed by atoms with Gasteiger partial charge < -0.3 is 9.47 Å². The van der Waals surface area contributed by atoms with Crippen LogP contribution in [0.1, 0.15) is 35.7 Å². The molecule has 0 saturated heterocycles. The number of pyridine rings is 1. The van der Waals surface area contributed by atoms with Crippen LogP contribution in [0.3, 0.4) is 0 Å². The van der Waals surface area contributed by atoms with Crippen LogP contribution in [0.4, 0.5) is 0 Å². The number of esters is 1. The molecule has 114 valence electrons. The maximum Gasteiger partial charge on any atom is 0.339 e. The van der Waals surface area contributed by atoms with Crippen molar-refractivity contribution in [2.75, 3.05) is 7.11 Å². The van der Waals surface area contributed by atoms with E-state index in [0.717, 1.165) is 0 Å². The highest BCUT2D eigenvalue weighted by Gasteiger charge is 2.39. The Bertz CT molecular complexity index is 708. The summed E-state index contributed by atoms with van der Waals surface area (Å²) in [6, 6.07) is 9.06. The molecule has 0 amide bonds. The molecule has 1 heterocycles. The highest BCUT2D eigenvalue weighted by molar-refractivity contribution is 6.32. The number of nitrogens with zero attached hydrogens (tertiary/aromatic N) is 1. The minimum Gasteiger partial charge on any atom is -0.465 e. The second-order valence-corrected chi connectivity index (χ2v) is 6.09. The zero-order chi connectivity index (χ0) is 15.7. The summed E-state index contributed by atoms with van der Waals surface area (Å²) >= 11 is 6.29. The Kier molecular flexibility index (Phi) is 3.79. The number of rotatable bonds is 4. The van der Waals surface area contributed by atoms with E-state index in [-0.39, 0.29) is 5.41 Å². The first kappa shape index (κ1) is 14.9. The molecule has 0 unspecified atom stereocenters. The zero-order valence-corrected chi connectivity index (χ0v) is 13.2. The van der Waals surface area contributed by atoms with Crippen LogP contribution in [0.5, 0.6) is 11.6 Å². The van der Waals surface area contributed by atoms with E-state index in [1.54, 1.807) is 12.1 Å². The Morgan fingerprint density at radius 3 is 2.59 bits per heavy atom. The zero-order valence-electron chi connectivity index (χ0n) is 12.4. The predicted molar refractivity (Wildman–Crippen MR) is 83.7 cm³/mol. The lowest BCUT2D eigenvalue weighted by Gasteiger charge is -2.12. The molecule has 22 heavy (non-hydrogen) atoms. The summed E-state index contributed by atoms with van der Waals surface area (Å²) in [5.41, 5.74) is 1.87. The van der Waals surface area contributed by atoms with E-state index in [4.69, 9.17) is 16.3 Å². The Morgan fingerprint density at radius 2 is 2.05 bits per heavy atom. The standard InChI is InChI=1S/C17H16ClNO3/c1-17(7-8-17)12-4-5-14(13(18)9-12)22-15-6-3-11(10-19-15)16(20)21-2/h3-6,9-10H,7-8H2,1-2H3. The van der Waals surface area contributed by atoms with Crippen molar-refractivity contribution in [3.63, 3.8) is 0 Å². The Labute approximate surface area is 134 Å². The SMILES string of the molecule is COC(=O)c1ccc(Oc2ccc(C3(C)CC3)cc2Cl)nc1. The average molecular weight is 318 g/mol. The van der Waals surface area contributed by atoms with Gasteiger partial charge in [0.15, 0.2) is 0 Å². The first-order valence-electron chi connectivity index (χ1n) is 7.04. The number of benzene rings is 1. The molecule has 1 saturated carbocycles. The van der Waals surface area contributed by atoms with Crippen LogP contribution in [-0.2, 0) is 10.2 Å². The number of halogens is 1. The van der Waals surface area contributed by atoms with E-state index in [1.807, 2.05) is 18.2 Å². The highest BCUT2D eigenvalue weighted by Crippen LogP contribution is 2.48. The number of carbonyl (C=O) groups is 1. The second kappa shape index (κ2) is 5.61. The number of hydrogen-bond donors (Lipinski definition) is 0. The van der Waals surface area contributed by atoms with Crippen LogP contribution in [0.15, 0.2) is 36.5 Å². The highest BCUT2D eigenvalue weighted by atomic mass is 35.5. The molecule has 1 fully saturated rings. The smallest absolute Gasteiger partial charge is 0.339 e. The van der Waals surface area contributed by atoms with Crippen LogP contribution in [-0.4, -0.2) is 18.1 Å². The average Bonchev–Trinajstić information content (AvgIpc) is 3.28. The van der Waals surface area contributed by atoms with Gasteiger partial charge in [0.25, 0.3) is 0 Å². The fourth-order valence-electron chi connectivity index (χ4n) is 2.23. The minimum atomic E-state index is -0.431. The first-order valence-corrected chi connectivity index (χ1v) is 7.42. The number of carbonyl (C=O) groups excluding carboxylic acids is 1. The summed E-state index contributed by atoms with van der Waals surface area (Å²) in [5.74, 6) is 0.493. The molecule has 0 atom stereocenters. The molecule has 5 heteroatoms. The summed E-state index contributed by atoms with van der Waals surface area (Å²) in [5, 5.41) is 0.560. The quantitative estimate of drug-likeness (QED) is 0.786. The van der Waals surface area contributed by atoms with E-state index >= 15 is 0 Å². The van der Waals surface area contributed by atoms with Crippen molar-refractivity contribution < 1.29 is 14.3 Å². The van der Waals surface area contributed by atoms with Crippen LogP contribution >= 0.6 is 11.6 Å². The van der Waals surface area contributed by atoms with E-state index in [1.165, 1.54) is 31.7 Å². The van der Waals surface area contributed by atoms with E-state index < -0.39 is 5.97 Å². The van der Waals surface area contributed by atoms with Gasteiger partial charge in [-0.05, 0) is 42.0 Å². The normalized spacial score (nSPS) is 15.2. The number of aromatic nitrogens is 1. The maximum absolute atomic E-state index is 11.4. The monoisotopic (exact) mass is 317 g/mol. The van der Waals surface area contributed by atoms with Gasteiger partial charge in [-0.3, -0.25) is 0 Å². The Morgan fingerprint density at radius 1 is 1.27 bits per heavy atom. The lowest BCUT2D eigenvalue weighted by molar-refractivity contribution is 0.0600. The van der Waals surface area contributed by atoms with Gasteiger partial charge >= 0.3 is 5.97 Å². The van der Waals surface area contributed by atoms with Crippen molar-refractivity contribution in [3.05, 3.63) is 52.7 Å². The van der Waals surface area contributed by atoms with Crippen molar-refractivity contribution in [3.8, 4) is 11.6 Å². The summed E-state index contributed by atoms with van der Waals surface area (Å²) < 4.78 is 10.3. The topological polar surface area (TPSA) is 48.4 Å². The van der Waals surface area contributed by atoms with Gasteiger partial charge in [0.05, 0.1) is 17.7 Å². The molecule has 4 nitrogen and oxygen atoms in total. The van der Waals surface area contributed by atoms with Gasteiger partial charge in [0.2, 0.25) is 5.88 Å². The summed E-state index contributed by atoms with van der Waals surface area (Å²) in [6.45, 7) is 2.23. The third kappa shape index (κ3) is 2.92. The molecular formula is C17H16ClNO3. The molecule has 1 aliphatic rings. The maximum atomic E-state index is 11.4. The Balaban J connectivity index is 1.77. The molecule has 0 N–H and O–H groups in total. The van der Waals surface area contributed by atoms with Crippen LogP contribution < -0.4 is 4.74 Å². The third-order valence-electron chi connectivity index (χ3n) is 4.00. The number of hydrogen-bond acceptors (Lipinski definition) is 4. The third-order valence-corrected chi connectivity index (χ3v) is 4.30. The van der Waals surface area contributed by atoms with Crippen molar-refractivity contribution in [2.24, 2.45) is 0 Å². The molecule has 1 aromatic carbocycles.